The van der Waals surface area contributed by atoms with Crippen LogP contribution in [0.1, 0.15) is 12.5 Å². The lowest BCUT2D eigenvalue weighted by molar-refractivity contribution is -0.123. The van der Waals surface area contributed by atoms with Crippen molar-refractivity contribution in [3.05, 3.63) is 27.2 Å². The van der Waals surface area contributed by atoms with E-state index in [1.54, 1.807) is 12.3 Å². The van der Waals surface area contributed by atoms with Crippen molar-refractivity contribution < 1.29 is 14.3 Å². The van der Waals surface area contributed by atoms with Crippen molar-refractivity contribution in [1.29, 1.82) is 0 Å². The molecule has 1 aliphatic rings. The Morgan fingerprint density at radius 3 is 2.91 bits per heavy atom. The summed E-state index contributed by atoms with van der Waals surface area (Å²) < 4.78 is 11.4. The van der Waals surface area contributed by atoms with Crippen LogP contribution in [0.4, 0.5) is 0 Å². The molecule has 1 heterocycles. The maximum Gasteiger partial charge on any atom is 0.254 e. The first-order valence-electron chi connectivity index (χ1n) is 7.34. The second-order valence-electron chi connectivity index (χ2n) is 4.93. The molecule has 1 fully saturated rings. The second kappa shape index (κ2) is 9.22. The fraction of sp³-hybridized carbons (Fsp3) is 0.467. The zero-order valence-corrected chi connectivity index (χ0v) is 15.2. The molecule has 0 atom stereocenters. The van der Waals surface area contributed by atoms with Gasteiger partial charge in [-0.05, 0) is 40.5 Å². The number of hydrazone groups is 1. The van der Waals surface area contributed by atoms with Gasteiger partial charge in [0.2, 0.25) is 0 Å². The summed E-state index contributed by atoms with van der Waals surface area (Å²) in [5.74, 6) is 0.446. The van der Waals surface area contributed by atoms with E-state index in [2.05, 4.69) is 26.5 Å². The van der Waals surface area contributed by atoms with Gasteiger partial charge < -0.3 is 9.47 Å². The van der Waals surface area contributed by atoms with Crippen molar-refractivity contribution in [1.82, 2.24) is 10.3 Å². The van der Waals surface area contributed by atoms with E-state index < -0.39 is 0 Å². The van der Waals surface area contributed by atoms with Gasteiger partial charge in [-0.15, -0.1) is 0 Å². The summed E-state index contributed by atoms with van der Waals surface area (Å²) in [7, 11) is 0. The molecule has 8 heteroatoms. The third-order valence-electron chi connectivity index (χ3n) is 3.18. The molecule has 0 bridgehead atoms. The standard InChI is InChI=1S/C15H19BrClN3O3/c1-2-23-15-12(16)7-11(8-13(15)17)9-18-19-14(21)10-20-3-5-22-6-4-20/h7-9H,2-6,10H2,1H3,(H,19,21)/b18-9+. The number of morpholine rings is 1. The number of nitrogens with one attached hydrogen (secondary N) is 1. The Morgan fingerprint density at radius 1 is 1.52 bits per heavy atom. The zero-order valence-electron chi connectivity index (χ0n) is 12.8. The topological polar surface area (TPSA) is 63.2 Å². The van der Waals surface area contributed by atoms with Gasteiger partial charge in [0, 0.05) is 13.1 Å². The Labute approximate surface area is 148 Å². The molecular formula is C15H19BrClN3O3. The van der Waals surface area contributed by atoms with Crippen LogP contribution in [-0.2, 0) is 9.53 Å². The van der Waals surface area contributed by atoms with Crippen LogP contribution in [0.15, 0.2) is 21.7 Å². The quantitative estimate of drug-likeness (QED) is 0.584. The van der Waals surface area contributed by atoms with Crippen molar-refractivity contribution >= 4 is 39.7 Å². The first-order chi connectivity index (χ1) is 11.1. The number of hydrogen-bond acceptors (Lipinski definition) is 5. The normalized spacial score (nSPS) is 15.8. The van der Waals surface area contributed by atoms with E-state index in [0.29, 0.717) is 37.1 Å². The lowest BCUT2D eigenvalue weighted by Crippen LogP contribution is -2.42. The highest BCUT2D eigenvalue weighted by molar-refractivity contribution is 9.10. The molecule has 0 radical (unpaired) electrons. The van der Waals surface area contributed by atoms with Gasteiger partial charge in [-0.1, -0.05) is 11.6 Å². The monoisotopic (exact) mass is 403 g/mol. The number of amides is 1. The molecule has 1 amide bonds. The predicted molar refractivity (Wildman–Crippen MR) is 93.3 cm³/mol. The van der Waals surface area contributed by atoms with Crippen LogP contribution in [0.3, 0.4) is 0 Å². The third kappa shape index (κ3) is 5.76. The molecule has 1 saturated heterocycles. The number of carbonyl (C=O) groups is 1. The maximum absolute atomic E-state index is 11.8. The molecule has 0 aromatic heterocycles. The fourth-order valence-electron chi connectivity index (χ4n) is 2.11. The van der Waals surface area contributed by atoms with Crippen molar-refractivity contribution in [3.8, 4) is 5.75 Å². The van der Waals surface area contributed by atoms with Gasteiger partial charge >= 0.3 is 0 Å². The summed E-state index contributed by atoms with van der Waals surface area (Å²) >= 11 is 9.57. The van der Waals surface area contributed by atoms with Crippen LogP contribution in [0.2, 0.25) is 5.02 Å². The number of rotatable bonds is 6. The van der Waals surface area contributed by atoms with E-state index in [0.717, 1.165) is 23.1 Å². The summed E-state index contributed by atoms with van der Waals surface area (Å²) in [4.78, 5) is 13.8. The molecular weight excluding hydrogens is 386 g/mol. The number of benzene rings is 1. The van der Waals surface area contributed by atoms with Gasteiger partial charge in [0.05, 0.1) is 42.1 Å². The van der Waals surface area contributed by atoms with Crippen LogP contribution in [0.5, 0.6) is 5.75 Å². The third-order valence-corrected chi connectivity index (χ3v) is 4.05. The van der Waals surface area contributed by atoms with E-state index in [9.17, 15) is 4.79 Å². The molecule has 6 nitrogen and oxygen atoms in total. The molecule has 1 aliphatic heterocycles. The molecule has 1 N–H and O–H groups in total. The van der Waals surface area contributed by atoms with Gasteiger partial charge in [0.25, 0.3) is 5.91 Å². The summed E-state index contributed by atoms with van der Waals surface area (Å²) in [5.41, 5.74) is 3.28. The van der Waals surface area contributed by atoms with Gasteiger partial charge in [0.15, 0.2) is 5.75 Å². The van der Waals surface area contributed by atoms with Crippen molar-refractivity contribution in [3.63, 3.8) is 0 Å². The van der Waals surface area contributed by atoms with Crippen LogP contribution < -0.4 is 10.2 Å². The van der Waals surface area contributed by atoms with Gasteiger partial charge in [-0.25, -0.2) is 5.43 Å². The second-order valence-corrected chi connectivity index (χ2v) is 6.19. The minimum Gasteiger partial charge on any atom is -0.491 e. The Balaban J connectivity index is 1.88. The number of hydrogen-bond donors (Lipinski definition) is 1. The van der Waals surface area contributed by atoms with Crippen LogP contribution in [0, 0.1) is 0 Å². The number of halogens is 2. The molecule has 0 unspecified atom stereocenters. The molecule has 2 rings (SSSR count). The van der Waals surface area contributed by atoms with E-state index in [-0.39, 0.29) is 5.91 Å². The Kier molecular flexibility index (Phi) is 7.29. The van der Waals surface area contributed by atoms with Crippen molar-refractivity contribution in [2.24, 2.45) is 5.10 Å². The molecule has 1 aromatic carbocycles. The number of ether oxygens (including phenoxy) is 2. The number of nitrogens with zero attached hydrogens (tertiary/aromatic N) is 2. The first kappa shape index (κ1) is 18.2. The average molecular weight is 405 g/mol. The largest absolute Gasteiger partial charge is 0.491 e. The zero-order chi connectivity index (χ0) is 16.7. The highest BCUT2D eigenvalue weighted by atomic mass is 79.9. The van der Waals surface area contributed by atoms with Crippen LogP contribution in [-0.4, -0.2) is 56.5 Å². The smallest absolute Gasteiger partial charge is 0.254 e. The van der Waals surface area contributed by atoms with Crippen LogP contribution in [0.25, 0.3) is 0 Å². The summed E-state index contributed by atoms with van der Waals surface area (Å²) in [6, 6.07) is 3.56. The molecule has 1 aromatic rings. The Hall–Kier alpha value is -1.15. The number of carbonyl (C=O) groups excluding carboxylic acids is 1. The lowest BCUT2D eigenvalue weighted by Gasteiger charge is -2.25. The predicted octanol–water partition coefficient (Wildman–Crippen LogP) is 2.28. The first-order valence-corrected chi connectivity index (χ1v) is 8.51. The SMILES string of the molecule is CCOc1c(Cl)cc(/C=N/NC(=O)CN2CCOCC2)cc1Br. The molecule has 0 spiro atoms. The van der Waals surface area contributed by atoms with E-state index in [1.165, 1.54) is 0 Å². The van der Waals surface area contributed by atoms with Crippen molar-refractivity contribution in [2.75, 3.05) is 39.5 Å². The summed E-state index contributed by atoms with van der Waals surface area (Å²) in [5, 5.41) is 4.45. The molecule has 0 aliphatic carbocycles. The molecule has 0 saturated carbocycles. The van der Waals surface area contributed by atoms with Gasteiger partial charge in [-0.3, -0.25) is 9.69 Å². The Morgan fingerprint density at radius 2 is 2.26 bits per heavy atom. The Bertz CT molecular complexity index is 554. The van der Waals surface area contributed by atoms with Gasteiger partial charge in [-0.2, -0.15) is 5.10 Å². The highest BCUT2D eigenvalue weighted by Gasteiger charge is 2.13. The summed E-state index contributed by atoms with van der Waals surface area (Å²) in [6.07, 6.45) is 1.55. The average Bonchev–Trinajstić information content (AvgIpc) is 2.52. The van der Waals surface area contributed by atoms with E-state index in [4.69, 9.17) is 21.1 Å². The lowest BCUT2D eigenvalue weighted by atomic mass is 10.2. The minimum absolute atomic E-state index is 0.153. The van der Waals surface area contributed by atoms with E-state index in [1.807, 2.05) is 17.9 Å². The molecule has 23 heavy (non-hydrogen) atoms. The van der Waals surface area contributed by atoms with E-state index >= 15 is 0 Å². The fourth-order valence-corrected chi connectivity index (χ4v) is 3.10. The van der Waals surface area contributed by atoms with Crippen molar-refractivity contribution in [2.45, 2.75) is 6.92 Å². The maximum atomic E-state index is 11.8. The minimum atomic E-state index is -0.153. The highest BCUT2D eigenvalue weighted by Crippen LogP contribution is 2.34. The molecule has 126 valence electrons. The van der Waals surface area contributed by atoms with Gasteiger partial charge in [0.1, 0.15) is 0 Å². The van der Waals surface area contributed by atoms with Crippen LogP contribution >= 0.6 is 27.5 Å². The summed E-state index contributed by atoms with van der Waals surface area (Å²) in [6.45, 7) is 5.58.